The number of aliphatic hydroxyl groups excluding tert-OH is 1. The molecule has 0 heterocycles. The second kappa shape index (κ2) is 2.58. The highest BCUT2D eigenvalue weighted by atomic mass is 16.5. The Morgan fingerprint density at radius 1 is 1.70 bits per heavy atom. The molecule has 0 saturated heterocycles. The van der Waals surface area contributed by atoms with Gasteiger partial charge in [0.25, 0.3) is 0 Å². The minimum absolute atomic E-state index is 0.0815. The van der Waals surface area contributed by atoms with Crippen LogP contribution in [0.15, 0.2) is 0 Å². The lowest BCUT2D eigenvalue weighted by Gasteiger charge is -2.06. The summed E-state index contributed by atoms with van der Waals surface area (Å²) in [6, 6.07) is 0. The van der Waals surface area contributed by atoms with Crippen molar-refractivity contribution in [2.45, 2.75) is 19.8 Å². The van der Waals surface area contributed by atoms with E-state index in [4.69, 9.17) is 9.84 Å². The Hall–Kier alpha value is -0.570. The molecule has 1 aliphatic rings. The average Bonchev–Trinajstić information content (AvgIpc) is 2.64. The molecule has 0 aliphatic heterocycles. The maximum atomic E-state index is 11.0. The van der Waals surface area contributed by atoms with Gasteiger partial charge in [0, 0.05) is 0 Å². The zero-order valence-electron chi connectivity index (χ0n) is 6.09. The van der Waals surface area contributed by atoms with Crippen LogP contribution in [0.1, 0.15) is 19.8 Å². The number of hydrogen-bond donors (Lipinski definition) is 1. The first-order valence-electron chi connectivity index (χ1n) is 3.47. The van der Waals surface area contributed by atoms with Crippen LogP contribution < -0.4 is 0 Å². The molecule has 0 bridgehead atoms. The Morgan fingerprint density at radius 3 is 2.70 bits per heavy atom. The van der Waals surface area contributed by atoms with Crippen molar-refractivity contribution in [1.29, 1.82) is 0 Å². The quantitative estimate of drug-likeness (QED) is 0.580. The summed E-state index contributed by atoms with van der Waals surface area (Å²) in [6.07, 6.45) is 1.86. The lowest BCUT2D eigenvalue weighted by Crippen LogP contribution is -2.17. The van der Waals surface area contributed by atoms with E-state index in [-0.39, 0.29) is 24.6 Å². The van der Waals surface area contributed by atoms with Crippen molar-refractivity contribution in [1.82, 2.24) is 0 Å². The van der Waals surface area contributed by atoms with Crippen LogP contribution in [0.4, 0.5) is 0 Å². The van der Waals surface area contributed by atoms with Crippen LogP contribution in [0.3, 0.4) is 0 Å². The van der Waals surface area contributed by atoms with E-state index < -0.39 is 0 Å². The van der Waals surface area contributed by atoms with Crippen LogP contribution in [0.25, 0.3) is 0 Å². The van der Waals surface area contributed by atoms with Gasteiger partial charge in [-0.2, -0.15) is 0 Å². The zero-order chi connectivity index (χ0) is 7.61. The van der Waals surface area contributed by atoms with E-state index in [1.165, 1.54) is 0 Å². The van der Waals surface area contributed by atoms with Crippen LogP contribution in [0, 0.1) is 5.41 Å². The summed E-state index contributed by atoms with van der Waals surface area (Å²) < 4.78 is 4.73. The van der Waals surface area contributed by atoms with Crippen molar-refractivity contribution in [2.75, 3.05) is 13.2 Å². The number of aliphatic hydroxyl groups is 1. The smallest absolute Gasteiger partial charge is 0.311 e. The molecule has 0 atom stereocenters. The second-order valence-electron chi connectivity index (χ2n) is 2.92. The number of rotatable bonds is 3. The van der Waals surface area contributed by atoms with Crippen LogP contribution in [0.5, 0.6) is 0 Å². The fourth-order valence-corrected chi connectivity index (χ4v) is 0.704. The van der Waals surface area contributed by atoms with Crippen molar-refractivity contribution in [3.05, 3.63) is 0 Å². The second-order valence-corrected chi connectivity index (χ2v) is 2.92. The maximum Gasteiger partial charge on any atom is 0.311 e. The first kappa shape index (κ1) is 7.54. The van der Waals surface area contributed by atoms with Crippen LogP contribution >= 0.6 is 0 Å². The molecule has 0 aromatic rings. The number of ether oxygens (including phenoxy) is 1. The van der Waals surface area contributed by atoms with Gasteiger partial charge in [-0.25, -0.2) is 0 Å². The lowest BCUT2D eigenvalue weighted by atomic mass is 10.1. The number of hydrogen-bond acceptors (Lipinski definition) is 3. The minimum Gasteiger partial charge on any atom is -0.463 e. The third kappa shape index (κ3) is 1.48. The summed E-state index contributed by atoms with van der Waals surface area (Å²) in [7, 11) is 0. The molecule has 1 N–H and O–H groups in total. The monoisotopic (exact) mass is 144 g/mol. The SMILES string of the molecule is CC1(C(=O)OCCO)CC1. The van der Waals surface area contributed by atoms with E-state index in [9.17, 15) is 4.79 Å². The van der Waals surface area contributed by atoms with E-state index >= 15 is 0 Å². The Bertz CT molecular complexity index is 138. The normalized spacial score (nSPS) is 20.2. The molecule has 1 aliphatic carbocycles. The molecule has 0 amide bonds. The molecule has 0 radical (unpaired) electrons. The summed E-state index contributed by atoms with van der Waals surface area (Å²) in [4.78, 5) is 11.0. The van der Waals surface area contributed by atoms with Gasteiger partial charge in [-0.1, -0.05) is 0 Å². The maximum absolute atomic E-state index is 11.0. The van der Waals surface area contributed by atoms with E-state index in [0.29, 0.717) is 0 Å². The van der Waals surface area contributed by atoms with E-state index in [1.54, 1.807) is 0 Å². The molecular formula is C7H12O3. The molecule has 0 aromatic heterocycles. The molecule has 1 rings (SSSR count). The highest BCUT2D eigenvalue weighted by Gasteiger charge is 2.46. The molecule has 58 valence electrons. The minimum atomic E-state index is -0.213. The van der Waals surface area contributed by atoms with E-state index in [0.717, 1.165) is 12.8 Å². The van der Waals surface area contributed by atoms with Gasteiger partial charge >= 0.3 is 5.97 Å². The van der Waals surface area contributed by atoms with Crippen LogP contribution in [-0.2, 0) is 9.53 Å². The Balaban J connectivity index is 2.22. The molecule has 0 spiro atoms. The van der Waals surface area contributed by atoms with Crippen molar-refractivity contribution in [3.8, 4) is 0 Å². The topological polar surface area (TPSA) is 46.5 Å². The van der Waals surface area contributed by atoms with Gasteiger partial charge in [0.2, 0.25) is 0 Å². The number of esters is 1. The van der Waals surface area contributed by atoms with Gasteiger partial charge in [-0.15, -0.1) is 0 Å². The summed E-state index contributed by atoms with van der Waals surface area (Å²) >= 11 is 0. The first-order valence-corrected chi connectivity index (χ1v) is 3.47. The lowest BCUT2D eigenvalue weighted by molar-refractivity contribution is -0.150. The van der Waals surface area contributed by atoms with E-state index in [1.807, 2.05) is 6.92 Å². The third-order valence-electron chi connectivity index (χ3n) is 1.82. The van der Waals surface area contributed by atoms with Gasteiger partial charge < -0.3 is 9.84 Å². The van der Waals surface area contributed by atoms with Crippen molar-refractivity contribution in [3.63, 3.8) is 0 Å². The van der Waals surface area contributed by atoms with Crippen molar-refractivity contribution < 1.29 is 14.6 Å². The van der Waals surface area contributed by atoms with Crippen LogP contribution in [-0.4, -0.2) is 24.3 Å². The summed E-state index contributed by atoms with van der Waals surface area (Å²) in [6.45, 7) is 1.93. The predicted octanol–water partition coefficient (Wildman–Crippen LogP) is 0.322. The van der Waals surface area contributed by atoms with Gasteiger partial charge in [0.1, 0.15) is 6.61 Å². The predicted molar refractivity (Wildman–Crippen MR) is 35.4 cm³/mol. The third-order valence-corrected chi connectivity index (χ3v) is 1.82. The zero-order valence-corrected chi connectivity index (χ0v) is 6.09. The molecule has 1 fully saturated rings. The summed E-state index contributed by atoms with van der Waals surface area (Å²) in [5.74, 6) is -0.165. The fourth-order valence-electron chi connectivity index (χ4n) is 0.704. The van der Waals surface area contributed by atoms with Crippen molar-refractivity contribution in [2.24, 2.45) is 5.41 Å². The van der Waals surface area contributed by atoms with Gasteiger partial charge in [0.15, 0.2) is 0 Å². The summed E-state index contributed by atoms with van der Waals surface area (Å²) in [5.41, 5.74) is -0.213. The van der Waals surface area contributed by atoms with E-state index in [2.05, 4.69) is 0 Å². The number of carbonyl (C=O) groups excluding carboxylic acids is 1. The fraction of sp³-hybridized carbons (Fsp3) is 0.857. The molecule has 3 nitrogen and oxygen atoms in total. The molecule has 1 saturated carbocycles. The molecule has 0 aromatic carbocycles. The Kier molecular flexibility index (Phi) is 1.94. The number of carbonyl (C=O) groups is 1. The highest BCUT2D eigenvalue weighted by Crippen LogP contribution is 2.45. The summed E-state index contributed by atoms with van der Waals surface area (Å²) in [5, 5.41) is 8.32. The Labute approximate surface area is 60.0 Å². The highest BCUT2D eigenvalue weighted by molar-refractivity contribution is 5.79. The Morgan fingerprint density at radius 2 is 2.30 bits per heavy atom. The van der Waals surface area contributed by atoms with Gasteiger partial charge in [0.05, 0.1) is 12.0 Å². The van der Waals surface area contributed by atoms with Crippen molar-refractivity contribution >= 4 is 5.97 Å². The molecule has 0 unspecified atom stereocenters. The first-order chi connectivity index (χ1) is 4.69. The van der Waals surface area contributed by atoms with Gasteiger partial charge in [-0.3, -0.25) is 4.79 Å². The molecule has 10 heavy (non-hydrogen) atoms. The average molecular weight is 144 g/mol. The van der Waals surface area contributed by atoms with Crippen LogP contribution in [0.2, 0.25) is 0 Å². The molecular weight excluding hydrogens is 132 g/mol. The van der Waals surface area contributed by atoms with Gasteiger partial charge in [-0.05, 0) is 19.8 Å². The largest absolute Gasteiger partial charge is 0.463 e. The standard InChI is InChI=1S/C7H12O3/c1-7(2-3-7)6(9)10-5-4-8/h8H,2-5H2,1H3. The molecule has 3 heteroatoms.